The lowest BCUT2D eigenvalue weighted by atomic mass is 10.1. The smallest absolute Gasteiger partial charge is 0.343 e. The van der Waals surface area contributed by atoms with Crippen LogP contribution in [0, 0.1) is 0 Å². The third kappa shape index (κ3) is 3.93. The lowest BCUT2D eigenvalue weighted by Crippen LogP contribution is -2.08. The Labute approximate surface area is 175 Å². The van der Waals surface area contributed by atoms with Crippen molar-refractivity contribution in [2.24, 2.45) is 0 Å². The maximum Gasteiger partial charge on any atom is 0.343 e. The number of rotatable bonds is 4. The lowest BCUT2D eigenvalue weighted by Gasteiger charge is -2.06. The van der Waals surface area contributed by atoms with Crippen LogP contribution in [0.1, 0.15) is 26.3 Å². The molecule has 0 radical (unpaired) electrons. The number of halogens is 1. The summed E-state index contributed by atoms with van der Waals surface area (Å²) >= 11 is 3.41. The monoisotopic (exact) mass is 450 g/mol. The SMILES string of the molecule is COc1ccc(Br)cc1/C=C1\Oc2cc(OC(=O)c3ccccc3)ccc2C1=O. The minimum Gasteiger partial charge on any atom is -0.496 e. The van der Waals surface area contributed by atoms with Crippen molar-refractivity contribution in [2.75, 3.05) is 7.11 Å². The fraction of sp³-hybridized carbons (Fsp3) is 0.0435. The average Bonchev–Trinajstić information content (AvgIpc) is 3.03. The van der Waals surface area contributed by atoms with Crippen LogP contribution in [0.5, 0.6) is 17.2 Å². The van der Waals surface area contributed by atoms with E-state index in [1.807, 2.05) is 18.2 Å². The first kappa shape index (κ1) is 19.0. The number of carbonyl (C=O) groups excluding carboxylic acids is 2. The number of hydrogen-bond acceptors (Lipinski definition) is 5. The third-order valence-corrected chi connectivity index (χ3v) is 4.83. The summed E-state index contributed by atoms with van der Waals surface area (Å²) in [4.78, 5) is 24.9. The van der Waals surface area contributed by atoms with E-state index in [9.17, 15) is 9.59 Å². The highest BCUT2D eigenvalue weighted by Crippen LogP contribution is 2.36. The van der Waals surface area contributed by atoms with Crippen LogP contribution >= 0.6 is 15.9 Å². The molecule has 3 aromatic rings. The van der Waals surface area contributed by atoms with Crippen LogP contribution in [-0.2, 0) is 0 Å². The fourth-order valence-corrected chi connectivity index (χ4v) is 3.31. The second kappa shape index (κ2) is 7.93. The van der Waals surface area contributed by atoms with Gasteiger partial charge in [-0.15, -0.1) is 0 Å². The van der Waals surface area contributed by atoms with Crippen molar-refractivity contribution in [3.63, 3.8) is 0 Å². The zero-order chi connectivity index (χ0) is 20.4. The molecule has 0 amide bonds. The zero-order valence-electron chi connectivity index (χ0n) is 15.3. The summed E-state index contributed by atoms with van der Waals surface area (Å²) in [7, 11) is 1.56. The number of Topliss-reactive ketones (excluding diaryl/α,β-unsaturated/α-hetero) is 1. The summed E-state index contributed by atoms with van der Waals surface area (Å²) in [5, 5.41) is 0. The van der Waals surface area contributed by atoms with Crippen molar-refractivity contribution in [3.05, 3.63) is 93.7 Å². The van der Waals surface area contributed by atoms with E-state index in [1.165, 1.54) is 6.07 Å². The first-order chi connectivity index (χ1) is 14.0. The predicted octanol–water partition coefficient (Wildman–Crippen LogP) is 5.29. The van der Waals surface area contributed by atoms with Crippen LogP contribution in [-0.4, -0.2) is 18.9 Å². The Kier molecular flexibility index (Phi) is 5.18. The second-order valence-electron chi connectivity index (χ2n) is 6.24. The van der Waals surface area contributed by atoms with Gasteiger partial charge in [-0.05, 0) is 48.5 Å². The molecule has 144 valence electrons. The van der Waals surface area contributed by atoms with E-state index in [4.69, 9.17) is 14.2 Å². The number of esters is 1. The van der Waals surface area contributed by atoms with Gasteiger partial charge in [-0.25, -0.2) is 4.79 Å². The summed E-state index contributed by atoms with van der Waals surface area (Å²) in [5.41, 5.74) is 1.55. The topological polar surface area (TPSA) is 61.8 Å². The van der Waals surface area contributed by atoms with E-state index in [2.05, 4.69) is 15.9 Å². The molecule has 0 spiro atoms. The molecular weight excluding hydrogens is 436 g/mol. The predicted molar refractivity (Wildman–Crippen MR) is 111 cm³/mol. The van der Waals surface area contributed by atoms with Crippen molar-refractivity contribution in [1.82, 2.24) is 0 Å². The standard InChI is InChI=1S/C23H15BrO5/c1-27-19-10-7-16(24)11-15(19)12-21-22(25)18-9-8-17(13-20(18)29-21)28-23(26)14-5-3-2-4-6-14/h2-13H,1H3/b21-12-. The molecule has 0 aliphatic carbocycles. The van der Waals surface area contributed by atoms with Crippen molar-refractivity contribution in [1.29, 1.82) is 0 Å². The molecule has 0 saturated carbocycles. The fourth-order valence-electron chi connectivity index (χ4n) is 2.93. The van der Waals surface area contributed by atoms with Crippen LogP contribution in [0.25, 0.3) is 6.08 Å². The molecule has 6 heteroatoms. The van der Waals surface area contributed by atoms with Gasteiger partial charge < -0.3 is 14.2 Å². The van der Waals surface area contributed by atoms with Crippen molar-refractivity contribution >= 4 is 33.8 Å². The quantitative estimate of drug-likeness (QED) is 0.306. The van der Waals surface area contributed by atoms with Crippen LogP contribution in [0.4, 0.5) is 0 Å². The van der Waals surface area contributed by atoms with Gasteiger partial charge in [0.15, 0.2) is 5.76 Å². The lowest BCUT2D eigenvalue weighted by molar-refractivity contribution is 0.0734. The highest BCUT2D eigenvalue weighted by Gasteiger charge is 2.28. The van der Waals surface area contributed by atoms with Gasteiger partial charge >= 0.3 is 5.97 Å². The van der Waals surface area contributed by atoms with Gasteiger partial charge in [0.05, 0.1) is 18.2 Å². The number of carbonyl (C=O) groups is 2. The highest BCUT2D eigenvalue weighted by molar-refractivity contribution is 9.10. The molecule has 5 nitrogen and oxygen atoms in total. The number of fused-ring (bicyclic) bond motifs is 1. The molecule has 1 aliphatic heterocycles. The van der Waals surface area contributed by atoms with Gasteiger partial charge in [-0.3, -0.25) is 4.79 Å². The molecule has 4 rings (SSSR count). The summed E-state index contributed by atoms with van der Waals surface area (Å²) < 4.78 is 17.3. The minimum absolute atomic E-state index is 0.169. The van der Waals surface area contributed by atoms with Crippen LogP contribution in [0.3, 0.4) is 0 Å². The normalized spacial score (nSPS) is 13.7. The van der Waals surface area contributed by atoms with E-state index >= 15 is 0 Å². The van der Waals surface area contributed by atoms with E-state index in [0.717, 1.165) is 4.47 Å². The number of ketones is 1. The molecule has 0 atom stereocenters. The average molecular weight is 451 g/mol. The molecule has 0 unspecified atom stereocenters. The van der Waals surface area contributed by atoms with Crippen molar-refractivity contribution in [3.8, 4) is 17.2 Å². The van der Waals surface area contributed by atoms with Gasteiger partial charge in [0.2, 0.25) is 5.78 Å². The van der Waals surface area contributed by atoms with Crippen molar-refractivity contribution in [2.45, 2.75) is 0 Å². The second-order valence-corrected chi connectivity index (χ2v) is 7.16. The first-order valence-electron chi connectivity index (χ1n) is 8.74. The summed E-state index contributed by atoms with van der Waals surface area (Å²) in [6, 6.07) is 18.8. The summed E-state index contributed by atoms with van der Waals surface area (Å²) in [6.07, 6.45) is 1.63. The first-order valence-corrected chi connectivity index (χ1v) is 9.53. The van der Waals surface area contributed by atoms with Crippen LogP contribution in [0.15, 0.2) is 77.0 Å². The number of ether oxygens (including phenoxy) is 3. The number of allylic oxidation sites excluding steroid dienone is 1. The maximum absolute atomic E-state index is 12.7. The third-order valence-electron chi connectivity index (χ3n) is 4.34. The Hall–Kier alpha value is -3.38. The Morgan fingerprint density at radius 3 is 2.59 bits per heavy atom. The van der Waals surface area contributed by atoms with Crippen LogP contribution < -0.4 is 14.2 Å². The highest BCUT2D eigenvalue weighted by atomic mass is 79.9. The van der Waals surface area contributed by atoms with Gasteiger partial charge in [-0.2, -0.15) is 0 Å². The molecule has 1 heterocycles. The Bertz CT molecular complexity index is 1140. The van der Waals surface area contributed by atoms with E-state index < -0.39 is 5.97 Å². The molecule has 0 saturated heterocycles. The zero-order valence-corrected chi connectivity index (χ0v) is 16.9. The number of methoxy groups -OCH3 is 1. The minimum atomic E-state index is -0.482. The van der Waals surface area contributed by atoms with E-state index in [-0.39, 0.29) is 11.5 Å². The molecule has 29 heavy (non-hydrogen) atoms. The Morgan fingerprint density at radius 1 is 1.03 bits per heavy atom. The summed E-state index contributed by atoms with van der Waals surface area (Å²) in [6.45, 7) is 0. The molecule has 0 aromatic heterocycles. The maximum atomic E-state index is 12.7. The van der Waals surface area contributed by atoms with E-state index in [1.54, 1.807) is 55.7 Å². The largest absolute Gasteiger partial charge is 0.496 e. The number of benzene rings is 3. The molecule has 0 N–H and O–H groups in total. The summed E-state index contributed by atoms with van der Waals surface area (Å²) in [5.74, 6) is 0.696. The van der Waals surface area contributed by atoms with Crippen molar-refractivity contribution < 1.29 is 23.8 Å². The molecule has 0 bridgehead atoms. The van der Waals surface area contributed by atoms with Gasteiger partial charge in [0, 0.05) is 16.1 Å². The number of hydrogen-bond donors (Lipinski definition) is 0. The Balaban J connectivity index is 1.59. The van der Waals surface area contributed by atoms with Crippen LogP contribution in [0.2, 0.25) is 0 Å². The van der Waals surface area contributed by atoms with E-state index in [0.29, 0.717) is 33.9 Å². The van der Waals surface area contributed by atoms with Gasteiger partial charge in [-0.1, -0.05) is 34.1 Å². The van der Waals surface area contributed by atoms with Gasteiger partial charge in [0.1, 0.15) is 17.2 Å². The molecule has 0 fully saturated rings. The molecule has 3 aromatic carbocycles. The molecular formula is C23H15BrO5. The molecule has 1 aliphatic rings. The van der Waals surface area contributed by atoms with Gasteiger partial charge in [0.25, 0.3) is 0 Å². The Morgan fingerprint density at radius 2 is 1.83 bits per heavy atom.